The van der Waals surface area contributed by atoms with Crippen molar-refractivity contribution < 1.29 is 0 Å². The number of aromatic nitrogens is 1. The summed E-state index contributed by atoms with van der Waals surface area (Å²) in [6.45, 7) is 9.74. The molecule has 0 radical (unpaired) electrons. The highest BCUT2D eigenvalue weighted by Crippen LogP contribution is 2.31. The summed E-state index contributed by atoms with van der Waals surface area (Å²) in [5.74, 6) is 2.03. The predicted octanol–water partition coefficient (Wildman–Crippen LogP) is 2.82. The van der Waals surface area contributed by atoms with Gasteiger partial charge >= 0.3 is 0 Å². The second-order valence-corrected chi connectivity index (χ2v) is 5.49. The highest BCUT2D eigenvalue weighted by atomic mass is 15.2. The molecule has 0 saturated heterocycles. The van der Waals surface area contributed by atoms with Gasteiger partial charge in [-0.3, -0.25) is 0 Å². The topological polar surface area (TPSA) is 28.2 Å². The fourth-order valence-corrected chi connectivity index (χ4v) is 2.14. The van der Waals surface area contributed by atoms with Crippen LogP contribution in [0, 0.1) is 5.92 Å². The molecule has 2 rings (SSSR count). The van der Waals surface area contributed by atoms with E-state index in [9.17, 15) is 0 Å². The zero-order valence-corrected chi connectivity index (χ0v) is 11.8. The van der Waals surface area contributed by atoms with E-state index < -0.39 is 0 Å². The van der Waals surface area contributed by atoms with Crippen LogP contribution in [0.2, 0.25) is 0 Å². The molecule has 1 saturated carbocycles. The summed E-state index contributed by atoms with van der Waals surface area (Å²) < 4.78 is 0. The standard InChI is InChI=1S/C15H25N3/c1-4-16-10-14-7-8-17-15(9-14)18(12(2)3)11-13-5-6-13/h7-9,12-13,16H,4-6,10-11H2,1-3H3. The molecule has 1 aliphatic rings. The Balaban J connectivity index is 2.07. The zero-order valence-electron chi connectivity index (χ0n) is 11.8. The maximum absolute atomic E-state index is 4.55. The van der Waals surface area contributed by atoms with E-state index in [-0.39, 0.29) is 0 Å². The normalized spacial score (nSPS) is 15.1. The van der Waals surface area contributed by atoms with Gasteiger partial charge in [0.05, 0.1) is 0 Å². The molecule has 0 aliphatic heterocycles. The molecule has 1 N–H and O–H groups in total. The fourth-order valence-electron chi connectivity index (χ4n) is 2.14. The molecule has 3 nitrogen and oxygen atoms in total. The Morgan fingerprint density at radius 2 is 2.22 bits per heavy atom. The van der Waals surface area contributed by atoms with Crippen molar-refractivity contribution in [1.29, 1.82) is 0 Å². The highest BCUT2D eigenvalue weighted by Gasteiger charge is 2.26. The van der Waals surface area contributed by atoms with Gasteiger partial charge in [-0.05, 0) is 56.8 Å². The first-order valence-corrected chi connectivity index (χ1v) is 7.13. The summed E-state index contributed by atoms with van der Waals surface area (Å²) in [6.07, 6.45) is 4.71. The van der Waals surface area contributed by atoms with Crippen LogP contribution in [0.25, 0.3) is 0 Å². The van der Waals surface area contributed by atoms with E-state index in [2.05, 4.69) is 48.1 Å². The van der Waals surface area contributed by atoms with Crippen LogP contribution in [0.3, 0.4) is 0 Å². The minimum Gasteiger partial charge on any atom is -0.354 e. The van der Waals surface area contributed by atoms with Gasteiger partial charge in [-0.15, -0.1) is 0 Å². The molecular weight excluding hydrogens is 222 g/mol. The van der Waals surface area contributed by atoms with E-state index in [1.54, 1.807) is 0 Å². The lowest BCUT2D eigenvalue weighted by Crippen LogP contribution is -2.33. The Hall–Kier alpha value is -1.09. The average molecular weight is 247 g/mol. The summed E-state index contributed by atoms with van der Waals surface area (Å²) in [4.78, 5) is 6.99. The third-order valence-corrected chi connectivity index (χ3v) is 3.46. The van der Waals surface area contributed by atoms with Crippen molar-refractivity contribution in [3.05, 3.63) is 23.9 Å². The first-order chi connectivity index (χ1) is 8.70. The van der Waals surface area contributed by atoms with Crippen LogP contribution in [0.15, 0.2) is 18.3 Å². The van der Waals surface area contributed by atoms with Crippen LogP contribution in [0.1, 0.15) is 39.2 Å². The van der Waals surface area contributed by atoms with Gasteiger partial charge in [0.25, 0.3) is 0 Å². The molecule has 0 aromatic carbocycles. The number of hydrogen-bond acceptors (Lipinski definition) is 3. The summed E-state index contributed by atoms with van der Waals surface area (Å²) in [5, 5.41) is 3.37. The Labute approximate surface area is 111 Å². The lowest BCUT2D eigenvalue weighted by molar-refractivity contribution is 0.635. The zero-order chi connectivity index (χ0) is 13.0. The van der Waals surface area contributed by atoms with E-state index in [0.717, 1.165) is 31.4 Å². The number of pyridine rings is 1. The van der Waals surface area contributed by atoms with Crippen LogP contribution >= 0.6 is 0 Å². The van der Waals surface area contributed by atoms with Crippen LogP contribution in [0.5, 0.6) is 0 Å². The molecule has 0 unspecified atom stereocenters. The summed E-state index contributed by atoms with van der Waals surface area (Å²) in [6, 6.07) is 4.85. The first-order valence-electron chi connectivity index (χ1n) is 7.13. The van der Waals surface area contributed by atoms with E-state index in [1.165, 1.54) is 18.4 Å². The molecule has 1 aromatic rings. The lowest BCUT2D eigenvalue weighted by atomic mass is 10.2. The maximum atomic E-state index is 4.55. The van der Waals surface area contributed by atoms with E-state index in [0.29, 0.717) is 6.04 Å². The van der Waals surface area contributed by atoms with Crippen LogP contribution in [-0.4, -0.2) is 24.1 Å². The van der Waals surface area contributed by atoms with Gasteiger partial charge in [0, 0.05) is 25.3 Å². The van der Waals surface area contributed by atoms with E-state index >= 15 is 0 Å². The second kappa shape index (κ2) is 6.19. The van der Waals surface area contributed by atoms with Crippen molar-refractivity contribution in [2.24, 2.45) is 5.92 Å². The second-order valence-electron chi connectivity index (χ2n) is 5.49. The Bertz CT molecular complexity index is 372. The SMILES string of the molecule is CCNCc1ccnc(N(CC2CC2)C(C)C)c1. The van der Waals surface area contributed by atoms with Crippen molar-refractivity contribution in [2.75, 3.05) is 18.0 Å². The summed E-state index contributed by atoms with van der Waals surface area (Å²) in [5.41, 5.74) is 1.32. The molecule has 0 bridgehead atoms. The van der Waals surface area contributed by atoms with Crippen molar-refractivity contribution >= 4 is 5.82 Å². The molecule has 100 valence electrons. The van der Waals surface area contributed by atoms with Gasteiger partial charge in [0.2, 0.25) is 0 Å². The molecular formula is C15H25N3. The quantitative estimate of drug-likeness (QED) is 0.803. The number of nitrogens with one attached hydrogen (secondary N) is 1. The fraction of sp³-hybridized carbons (Fsp3) is 0.667. The molecule has 0 amide bonds. The van der Waals surface area contributed by atoms with Gasteiger partial charge in [-0.25, -0.2) is 4.98 Å². The monoisotopic (exact) mass is 247 g/mol. The van der Waals surface area contributed by atoms with E-state index in [1.807, 2.05) is 6.20 Å². The molecule has 0 spiro atoms. The third kappa shape index (κ3) is 3.70. The lowest BCUT2D eigenvalue weighted by Gasteiger charge is -2.28. The molecule has 1 aromatic heterocycles. The number of rotatable bonds is 7. The van der Waals surface area contributed by atoms with E-state index in [4.69, 9.17) is 0 Å². The molecule has 1 fully saturated rings. The van der Waals surface area contributed by atoms with Gasteiger partial charge in [0.15, 0.2) is 0 Å². The number of anilines is 1. The number of nitrogens with zero attached hydrogens (tertiary/aromatic N) is 2. The largest absolute Gasteiger partial charge is 0.354 e. The molecule has 18 heavy (non-hydrogen) atoms. The Morgan fingerprint density at radius 1 is 1.44 bits per heavy atom. The molecule has 0 atom stereocenters. The minimum atomic E-state index is 0.521. The van der Waals surface area contributed by atoms with Crippen molar-refractivity contribution in [2.45, 2.75) is 46.2 Å². The average Bonchev–Trinajstić information content (AvgIpc) is 3.17. The van der Waals surface area contributed by atoms with Crippen LogP contribution in [0.4, 0.5) is 5.82 Å². The number of hydrogen-bond donors (Lipinski definition) is 1. The predicted molar refractivity (Wildman–Crippen MR) is 76.8 cm³/mol. The molecule has 3 heteroatoms. The van der Waals surface area contributed by atoms with Gasteiger partial charge in [-0.1, -0.05) is 6.92 Å². The summed E-state index contributed by atoms with van der Waals surface area (Å²) in [7, 11) is 0. The molecule has 1 aliphatic carbocycles. The highest BCUT2D eigenvalue weighted by molar-refractivity contribution is 5.42. The van der Waals surface area contributed by atoms with Crippen molar-refractivity contribution in [3.63, 3.8) is 0 Å². The molecule has 1 heterocycles. The summed E-state index contributed by atoms with van der Waals surface area (Å²) >= 11 is 0. The van der Waals surface area contributed by atoms with Gasteiger partial charge in [0.1, 0.15) is 5.82 Å². The maximum Gasteiger partial charge on any atom is 0.129 e. The Kier molecular flexibility index (Phi) is 4.59. The van der Waals surface area contributed by atoms with Crippen molar-refractivity contribution in [3.8, 4) is 0 Å². The van der Waals surface area contributed by atoms with Gasteiger partial charge in [-0.2, -0.15) is 0 Å². The first kappa shape index (κ1) is 13.3. The third-order valence-electron chi connectivity index (χ3n) is 3.46. The van der Waals surface area contributed by atoms with Crippen LogP contribution in [-0.2, 0) is 6.54 Å². The Morgan fingerprint density at radius 3 is 2.83 bits per heavy atom. The van der Waals surface area contributed by atoms with Crippen molar-refractivity contribution in [1.82, 2.24) is 10.3 Å². The van der Waals surface area contributed by atoms with Gasteiger partial charge < -0.3 is 10.2 Å². The van der Waals surface area contributed by atoms with Crippen LogP contribution < -0.4 is 10.2 Å². The minimum absolute atomic E-state index is 0.521. The smallest absolute Gasteiger partial charge is 0.129 e.